The van der Waals surface area contributed by atoms with Gasteiger partial charge in [-0.15, -0.1) is 0 Å². The van der Waals surface area contributed by atoms with E-state index in [-0.39, 0.29) is 10.8 Å². The van der Waals surface area contributed by atoms with Crippen LogP contribution in [-0.4, -0.2) is 38.6 Å². The Hall–Kier alpha value is -1.95. The molecule has 4 aliphatic rings. The maximum Gasteiger partial charge on any atom is 0.203 e. The van der Waals surface area contributed by atoms with Gasteiger partial charge >= 0.3 is 0 Å². The van der Waals surface area contributed by atoms with Gasteiger partial charge in [0.05, 0.1) is 29.4 Å². The highest BCUT2D eigenvalue weighted by atomic mass is 16.3. The number of unbranched alkanes of at least 4 members (excludes halogenated alkanes) is 2. The van der Waals surface area contributed by atoms with E-state index in [9.17, 15) is 15.3 Å². The fourth-order valence-electron chi connectivity index (χ4n) is 8.18. The van der Waals surface area contributed by atoms with Gasteiger partial charge in [-0.05, 0) is 98.5 Å². The van der Waals surface area contributed by atoms with Gasteiger partial charge in [0, 0.05) is 6.42 Å². The molecule has 3 N–H and O–H groups in total. The number of fused-ring (bicyclic) bond motifs is 1. The van der Waals surface area contributed by atoms with Crippen LogP contribution < -0.4 is 0 Å². The smallest absolute Gasteiger partial charge is 0.203 e. The van der Waals surface area contributed by atoms with E-state index in [0.717, 1.165) is 48.9 Å². The summed E-state index contributed by atoms with van der Waals surface area (Å²) in [4.78, 5) is 4.77. The van der Waals surface area contributed by atoms with Gasteiger partial charge < -0.3 is 19.7 Å². The second-order valence-corrected chi connectivity index (χ2v) is 13.6. The van der Waals surface area contributed by atoms with Gasteiger partial charge in [0.2, 0.25) is 5.89 Å². The van der Waals surface area contributed by atoms with Gasteiger partial charge in [-0.2, -0.15) is 0 Å². The van der Waals surface area contributed by atoms with E-state index in [2.05, 4.69) is 45.6 Å². The first kappa shape index (κ1) is 29.5. The molecule has 0 saturated heterocycles. The van der Waals surface area contributed by atoms with Crippen LogP contribution in [0.4, 0.5) is 0 Å². The van der Waals surface area contributed by atoms with Crippen LogP contribution in [-0.2, 0) is 11.8 Å². The van der Waals surface area contributed by atoms with Gasteiger partial charge in [0.25, 0.3) is 0 Å². The highest BCUT2D eigenvalue weighted by Crippen LogP contribution is 2.60. The van der Waals surface area contributed by atoms with Crippen LogP contribution in [0.3, 0.4) is 0 Å². The lowest BCUT2D eigenvalue weighted by Gasteiger charge is -2.44. The van der Waals surface area contributed by atoms with Gasteiger partial charge in [0.1, 0.15) is 6.26 Å². The summed E-state index contributed by atoms with van der Waals surface area (Å²) < 4.78 is 5.88. The van der Waals surface area contributed by atoms with Crippen molar-refractivity contribution in [2.24, 2.45) is 23.2 Å². The second kappa shape index (κ2) is 12.1. The highest BCUT2D eigenvalue weighted by Gasteiger charge is 2.54. The average Bonchev–Trinajstić information content (AvgIpc) is 3.46. The van der Waals surface area contributed by atoms with Gasteiger partial charge in [0.15, 0.2) is 0 Å². The van der Waals surface area contributed by atoms with Crippen molar-refractivity contribution in [2.45, 2.75) is 128 Å². The Balaban J connectivity index is 1.24. The Morgan fingerprint density at radius 3 is 2.70 bits per heavy atom. The van der Waals surface area contributed by atoms with Crippen molar-refractivity contribution in [2.75, 3.05) is 0 Å². The quantitative estimate of drug-likeness (QED) is 0.213. The van der Waals surface area contributed by atoms with Crippen molar-refractivity contribution in [3.05, 3.63) is 65.5 Å². The lowest BCUT2D eigenvalue weighted by molar-refractivity contribution is 0.0862. The molecule has 7 atom stereocenters. The SMILES string of the molecule is C=C1C(=CC=C2CCC[C@]3(C)[C@@H]([C@@H](C)C=C[C@H](O)C4(c5nc(CCCCC)co5)CC4)CC[C@@H]23)C[C@@H](O)C[C@@H]1O. The van der Waals surface area contributed by atoms with Crippen LogP contribution >= 0.6 is 0 Å². The van der Waals surface area contributed by atoms with Crippen LogP contribution in [0.15, 0.2) is 58.3 Å². The summed E-state index contributed by atoms with van der Waals surface area (Å²) in [5, 5.41) is 31.6. The first-order valence-electron chi connectivity index (χ1n) is 15.9. The number of hydrogen-bond donors (Lipinski definition) is 3. The summed E-state index contributed by atoms with van der Waals surface area (Å²) in [6.45, 7) is 11.1. The predicted molar refractivity (Wildman–Crippen MR) is 160 cm³/mol. The summed E-state index contributed by atoms with van der Waals surface area (Å²) >= 11 is 0. The maximum atomic E-state index is 11.3. The van der Waals surface area contributed by atoms with Crippen LogP contribution in [0.25, 0.3) is 0 Å². The van der Waals surface area contributed by atoms with E-state index in [1.54, 1.807) is 6.26 Å². The number of rotatable bonds is 10. The fraction of sp³-hybridized carbons (Fsp3) is 0.686. The molecule has 1 heterocycles. The monoisotopic (exact) mass is 549 g/mol. The summed E-state index contributed by atoms with van der Waals surface area (Å²) in [6.07, 6.45) is 22.0. The van der Waals surface area contributed by atoms with Gasteiger partial charge in [-0.1, -0.05) is 70.1 Å². The zero-order chi connectivity index (χ0) is 28.5. The summed E-state index contributed by atoms with van der Waals surface area (Å²) in [5.74, 6) is 2.24. The van der Waals surface area contributed by atoms with E-state index >= 15 is 0 Å². The summed E-state index contributed by atoms with van der Waals surface area (Å²) in [6, 6.07) is 0. The summed E-state index contributed by atoms with van der Waals surface area (Å²) in [5.41, 5.74) is 4.17. The first-order valence-corrected chi connectivity index (χ1v) is 15.9. The Morgan fingerprint density at radius 1 is 1.15 bits per heavy atom. The zero-order valence-electron chi connectivity index (χ0n) is 24.9. The number of hydrogen-bond acceptors (Lipinski definition) is 5. The molecule has 0 amide bonds. The van der Waals surface area contributed by atoms with Crippen molar-refractivity contribution in [3.8, 4) is 0 Å². The van der Waals surface area contributed by atoms with Gasteiger partial charge in [-0.3, -0.25) is 0 Å². The molecule has 0 radical (unpaired) electrons. The number of aliphatic hydroxyl groups excluding tert-OH is 3. The molecular weight excluding hydrogens is 498 g/mol. The molecule has 4 aliphatic carbocycles. The Bertz CT molecular complexity index is 1140. The first-order chi connectivity index (χ1) is 19.2. The molecule has 5 nitrogen and oxygen atoms in total. The predicted octanol–water partition coefficient (Wildman–Crippen LogP) is 7.13. The van der Waals surface area contributed by atoms with E-state index in [1.165, 1.54) is 44.1 Å². The normalized spacial score (nSPS) is 35.4. The molecule has 4 fully saturated rings. The number of allylic oxidation sites excluding steroid dienone is 4. The van der Waals surface area contributed by atoms with Crippen molar-refractivity contribution >= 4 is 0 Å². The number of nitrogens with zero attached hydrogens (tertiary/aromatic N) is 1. The molecule has 4 saturated carbocycles. The fourth-order valence-corrected chi connectivity index (χ4v) is 8.18. The molecule has 5 heteroatoms. The second-order valence-electron chi connectivity index (χ2n) is 13.6. The molecule has 0 aromatic carbocycles. The average molecular weight is 550 g/mol. The third-order valence-corrected chi connectivity index (χ3v) is 10.9. The van der Waals surface area contributed by atoms with Crippen molar-refractivity contribution in [1.82, 2.24) is 4.98 Å². The van der Waals surface area contributed by atoms with Crippen LogP contribution in [0.5, 0.6) is 0 Å². The molecule has 5 rings (SSSR count). The number of oxazole rings is 1. The Kier molecular flexibility index (Phi) is 8.94. The minimum absolute atomic E-state index is 0.243. The molecule has 0 aliphatic heterocycles. The van der Waals surface area contributed by atoms with Crippen LogP contribution in [0.1, 0.15) is 109 Å². The van der Waals surface area contributed by atoms with Gasteiger partial charge in [-0.25, -0.2) is 4.98 Å². The molecule has 0 bridgehead atoms. The minimum Gasteiger partial charge on any atom is -0.448 e. The zero-order valence-corrected chi connectivity index (χ0v) is 24.9. The third kappa shape index (κ3) is 5.84. The van der Waals surface area contributed by atoms with E-state index < -0.39 is 18.3 Å². The molecule has 0 unspecified atom stereocenters. The molecular formula is C35H51NO4. The molecule has 1 aromatic heterocycles. The third-order valence-electron chi connectivity index (χ3n) is 10.9. The largest absolute Gasteiger partial charge is 0.448 e. The van der Waals surface area contributed by atoms with Crippen molar-refractivity contribution in [1.29, 1.82) is 0 Å². The minimum atomic E-state index is -0.643. The highest BCUT2D eigenvalue weighted by molar-refractivity contribution is 5.38. The Morgan fingerprint density at radius 2 is 1.95 bits per heavy atom. The number of aryl methyl sites for hydroxylation is 1. The van der Waals surface area contributed by atoms with E-state index in [4.69, 9.17) is 9.40 Å². The summed E-state index contributed by atoms with van der Waals surface area (Å²) in [7, 11) is 0. The molecule has 0 spiro atoms. The number of aliphatic hydroxyl groups is 3. The van der Waals surface area contributed by atoms with Crippen molar-refractivity contribution < 1.29 is 19.7 Å². The number of aromatic nitrogens is 1. The molecule has 1 aromatic rings. The van der Waals surface area contributed by atoms with Crippen LogP contribution in [0.2, 0.25) is 0 Å². The van der Waals surface area contributed by atoms with Crippen molar-refractivity contribution in [3.63, 3.8) is 0 Å². The maximum absolute atomic E-state index is 11.3. The van der Waals surface area contributed by atoms with E-state index in [1.807, 2.05) is 6.08 Å². The molecule has 220 valence electrons. The van der Waals surface area contributed by atoms with Crippen LogP contribution in [0, 0.1) is 23.2 Å². The lowest BCUT2D eigenvalue weighted by atomic mass is 9.61. The Labute approximate surface area is 241 Å². The standard InChI is InChI=1S/C35H51NO4/c1-5-6-7-10-27-22-40-33(36-27)35(18-19-35)32(39)16-11-23(2)29-14-15-30-25(9-8-17-34(29,30)4)12-13-26-20-28(37)21-31(38)24(26)3/h11-13,16,22-23,28-32,37-39H,3,5-10,14-15,17-21H2,1-2,4H3/t23-,28+,29+,30-,31-,32-,34+/m0/s1. The lowest BCUT2D eigenvalue weighted by Crippen LogP contribution is -2.35. The topological polar surface area (TPSA) is 86.7 Å². The van der Waals surface area contributed by atoms with E-state index in [0.29, 0.717) is 36.5 Å². The molecule has 40 heavy (non-hydrogen) atoms.